The summed E-state index contributed by atoms with van der Waals surface area (Å²) in [5, 5.41) is 2.64. The van der Waals surface area contributed by atoms with E-state index < -0.39 is 0 Å². The Morgan fingerprint density at radius 2 is 1.16 bits per heavy atom. The van der Waals surface area contributed by atoms with Crippen molar-refractivity contribution in [1.82, 2.24) is 9.13 Å². The molecular formula is C28H28N2O. The fourth-order valence-corrected chi connectivity index (χ4v) is 4.86. The minimum atomic E-state index is 0.140. The van der Waals surface area contributed by atoms with E-state index in [-0.39, 0.29) is 5.92 Å². The van der Waals surface area contributed by atoms with Gasteiger partial charge in [0.25, 0.3) is 0 Å². The summed E-state index contributed by atoms with van der Waals surface area (Å²) in [6.45, 7) is 6.32. The first-order valence-electron chi connectivity index (χ1n) is 11.0. The number of fused-ring (bicyclic) bond motifs is 2. The molecule has 0 N–H and O–H groups in total. The average Bonchev–Trinajstić information content (AvgIpc) is 3.39. The van der Waals surface area contributed by atoms with Crippen LogP contribution in [-0.2, 0) is 13.1 Å². The van der Waals surface area contributed by atoms with Crippen molar-refractivity contribution in [2.24, 2.45) is 0 Å². The zero-order valence-corrected chi connectivity index (χ0v) is 18.4. The van der Waals surface area contributed by atoms with Crippen LogP contribution in [0.5, 0.6) is 5.75 Å². The van der Waals surface area contributed by atoms with Gasteiger partial charge in [0.2, 0.25) is 0 Å². The lowest BCUT2D eigenvalue weighted by atomic mass is 9.85. The fraction of sp³-hybridized carbons (Fsp3) is 0.214. The van der Waals surface area contributed by atoms with Gasteiger partial charge >= 0.3 is 0 Å². The molecule has 3 heteroatoms. The fourth-order valence-electron chi connectivity index (χ4n) is 4.86. The normalized spacial score (nSPS) is 11.6. The van der Waals surface area contributed by atoms with E-state index in [0.29, 0.717) is 0 Å². The second-order valence-corrected chi connectivity index (χ2v) is 7.98. The monoisotopic (exact) mass is 408 g/mol. The van der Waals surface area contributed by atoms with Gasteiger partial charge in [-0.1, -0.05) is 48.5 Å². The van der Waals surface area contributed by atoms with Crippen molar-refractivity contribution in [2.75, 3.05) is 7.11 Å². The molecule has 0 unspecified atom stereocenters. The molecule has 0 spiro atoms. The molecule has 3 aromatic carbocycles. The topological polar surface area (TPSA) is 19.1 Å². The lowest BCUT2D eigenvalue weighted by Crippen LogP contribution is -2.03. The molecule has 2 heterocycles. The number of hydrogen-bond donors (Lipinski definition) is 0. The minimum Gasteiger partial charge on any atom is -0.497 e. The van der Waals surface area contributed by atoms with Gasteiger partial charge in [-0.2, -0.15) is 0 Å². The van der Waals surface area contributed by atoms with Crippen LogP contribution in [0.2, 0.25) is 0 Å². The molecule has 0 atom stereocenters. The second-order valence-electron chi connectivity index (χ2n) is 7.98. The van der Waals surface area contributed by atoms with Gasteiger partial charge in [0.15, 0.2) is 0 Å². The number of methoxy groups -OCH3 is 1. The highest BCUT2D eigenvalue weighted by molar-refractivity contribution is 5.90. The van der Waals surface area contributed by atoms with Crippen LogP contribution in [0.15, 0.2) is 85.2 Å². The van der Waals surface area contributed by atoms with Crippen LogP contribution in [0.25, 0.3) is 21.8 Å². The summed E-state index contributed by atoms with van der Waals surface area (Å²) >= 11 is 0. The van der Waals surface area contributed by atoms with E-state index >= 15 is 0 Å². The minimum absolute atomic E-state index is 0.140. The molecule has 0 saturated carbocycles. The van der Waals surface area contributed by atoms with Crippen molar-refractivity contribution < 1.29 is 4.74 Å². The van der Waals surface area contributed by atoms with Crippen molar-refractivity contribution in [2.45, 2.75) is 32.9 Å². The zero-order chi connectivity index (χ0) is 21.4. The van der Waals surface area contributed by atoms with Crippen LogP contribution in [0.4, 0.5) is 0 Å². The van der Waals surface area contributed by atoms with Crippen LogP contribution in [-0.4, -0.2) is 16.2 Å². The molecule has 156 valence electrons. The highest BCUT2D eigenvalue weighted by Crippen LogP contribution is 2.41. The number of hydrogen-bond acceptors (Lipinski definition) is 1. The number of benzene rings is 3. The Morgan fingerprint density at radius 3 is 1.61 bits per heavy atom. The van der Waals surface area contributed by atoms with E-state index in [1.165, 1.54) is 38.5 Å². The number of ether oxygens (including phenoxy) is 1. The van der Waals surface area contributed by atoms with Crippen LogP contribution in [0, 0.1) is 0 Å². The summed E-state index contributed by atoms with van der Waals surface area (Å²) in [6.07, 6.45) is 4.69. The molecule has 31 heavy (non-hydrogen) atoms. The Balaban J connectivity index is 1.82. The van der Waals surface area contributed by atoms with Crippen LogP contribution < -0.4 is 4.74 Å². The SMILES string of the molecule is CCn1cc(C(c2ccc(OC)cc2)c2cn(CC)c3ccccc23)c2ccccc21. The third-order valence-corrected chi connectivity index (χ3v) is 6.39. The summed E-state index contributed by atoms with van der Waals surface area (Å²) in [7, 11) is 1.72. The Hall–Kier alpha value is -3.46. The largest absolute Gasteiger partial charge is 0.497 e. The molecule has 0 fully saturated rings. The van der Waals surface area contributed by atoms with Gasteiger partial charge in [0, 0.05) is 53.2 Å². The summed E-state index contributed by atoms with van der Waals surface area (Å²) in [6, 6.07) is 26.1. The Labute approximate surface area is 183 Å². The van der Waals surface area contributed by atoms with Gasteiger partial charge in [-0.15, -0.1) is 0 Å². The third-order valence-electron chi connectivity index (χ3n) is 6.39. The van der Waals surface area contributed by atoms with Gasteiger partial charge in [-0.3, -0.25) is 0 Å². The predicted molar refractivity (Wildman–Crippen MR) is 129 cm³/mol. The van der Waals surface area contributed by atoms with Crippen molar-refractivity contribution in [3.63, 3.8) is 0 Å². The van der Waals surface area contributed by atoms with Crippen LogP contribution >= 0.6 is 0 Å². The molecule has 0 aliphatic heterocycles. The van der Waals surface area contributed by atoms with Crippen molar-refractivity contribution in [3.8, 4) is 5.75 Å². The third kappa shape index (κ3) is 3.21. The molecule has 0 radical (unpaired) electrons. The number of aromatic nitrogens is 2. The zero-order valence-electron chi connectivity index (χ0n) is 18.4. The summed E-state index contributed by atoms with van der Waals surface area (Å²) in [5.41, 5.74) is 6.55. The van der Waals surface area contributed by atoms with E-state index in [1.54, 1.807) is 7.11 Å². The van der Waals surface area contributed by atoms with Crippen molar-refractivity contribution in [1.29, 1.82) is 0 Å². The van der Waals surface area contributed by atoms with E-state index in [9.17, 15) is 0 Å². The average molecular weight is 409 g/mol. The summed E-state index contributed by atoms with van der Waals surface area (Å²) < 4.78 is 10.2. The van der Waals surface area contributed by atoms with Gasteiger partial charge < -0.3 is 13.9 Å². The molecule has 0 bridgehead atoms. The van der Waals surface area contributed by atoms with Crippen LogP contribution in [0.1, 0.15) is 36.5 Å². The Kier molecular flexibility index (Phi) is 5.03. The van der Waals surface area contributed by atoms with Crippen LogP contribution in [0.3, 0.4) is 0 Å². The molecule has 3 nitrogen and oxygen atoms in total. The Morgan fingerprint density at radius 1 is 0.677 bits per heavy atom. The molecule has 0 amide bonds. The van der Waals surface area contributed by atoms with Gasteiger partial charge in [0.1, 0.15) is 5.75 Å². The second kappa shape index (κ2) is 7.99. The number of rotatable bonds is 6. The van der Waals surface area contributed by atoms with Gasteiger partial charge in [-0.05, 0) is 54.8 Å². The molecule has 5 rings (SSSR count). The molecule has 5 aromatic rings. The number of nitrogens with zero attached hydrogens (tertiary/aromatic N) is 2. The smallest absolute Gasteiger partial charge is 0.118 e. The maximum atomic E-state index is 5.44. The number of aryl methyl sites for hydroxylation is 2. The highest BCUT2D eigenvalue weighted by atomic mass is 16.5. The standard InChI is InChI=1S/C28H28N2O/c1-4-29-18-24(22-10-6-8-12-26(22)29)28(20-14-16-21(31-3)17-15-20)25-19-30(5-2)27-13-9-7-11-23(25)27/h6-19,28H,4-5H2,1-3H3. The van der Waals surface area contributed by atoms with Crippen molar-refractivity contribution >= 4 is 21.8 Å². The lowest BCUT2D eigenvalue weighted by molar-refractivity contribution is 0.414. The maximum absolute atomic E-state index is 5.44. The van der Waals surface area contributed by atoms with Crippen molar-refractivity contribution in [3.05, 3.63) is 102 Å². The quantitative estimate of drug-likeness (QED) is 0.301. The summed E-state index contributed by atoms with van der Waals surface area (Å²) in [4.78, 5) is 0. The summed E-state index contributed by atoms with van der Waals surface area (Å²) in [5.74, 6) is 1.02. The first-order valence-corrected chi connectivity index (χ1v) is 11.0. The van der Waals surface area contributed by atoms with E-state index in [0.717, 1.165) is 18.8 Å². The van der Waals surface area contributed by atoms with Gasteiger partial charge in [0.05, 0.1) is 7.11 Å². The first kappa shape index (κ1) is 19.5. The molecule has 0 aliphatic carbocycles. The molecule has 2 aromatic heterocycles. The Bertz CT molecular complexity index is 1260. The van der Waals surface area contributed by atoms with Gasteiger partial charge in [-0.25, -0.2) is 0 Å². The molecular weight excluding hydrogens is 380 g/mol. The number of para-hydroxylation sites is 2. The maximum Gasteiger partial charge on any atom is 0.118 e. The highest BCUT2D eigenvalue weighted by Gasteiger charge is 2.25. The molecule has 0 saturated heterocycles. The van der Waals surface area contributed by atoms with E-state index in [4.69, 9.17) is 4.74 Å². The first-order chi connectivity index (χ1) is 15.2. The van der Waals surface area contributed by atoms with E-state index in [1.807, 2.05) is 0 Å². The molecule has 0 aliphatic rings. The lowest BCUT2D eigenvalue weighted by Gasteiger charge is -2.18. The predicted octanol–water partition coefficient (Wildman–Crippen LogP) is 6.82. The van der Waals surface area contributed by atoms with E-state index in [2.05, 4.69) is 108 Å².